The van der Waals surface area contributed by atoms with Gasteiger partial charge in [-0.05, 0) is 24.3 Å². The monoisotopic (exact) mass is 226 g/mol. The normalized spacial score (nSPS) is 12.8. The number of benzene rings is 1. The average molecular weight is 226 g/mol. The summed E-state index contributed by atoms with van der Waals surface area (Å²) in [5, 5.41) is 18.5. The number of hydrogen-bond acceptors (Lipinski definition) is 4. The van der Waals surface area contributed by atoms with Gasteiger partial charge in [-0.3, -0.25) is 4.98 Å². The zero-order valence-electron chi connectivity index (χ0n) is 8.93. The van der Waals surface area contributed by atoms with Crippen molar-refractivity contribution in [2.75, 3.05) is 0 Å². The van der Waals surface area contributed by atoms with E-state index in [1.807, 2.05) is 30.3 Å². The molecule has 0 radical (unpaired) electrons. The molecule has 1 atom stereocenters. The van der Waals surface area contributed by atoms with Gasteiger partial charge in [-0.1, -0.05) is 18.2 Å². The van der Waals surface area contributed by atoms with Crippen LogP contribution in [0.15, 0.2) is 48.7 Å². The van der Waals surface area contributed by atoms with Crippen molar-refractivity contribution >= 4 is 11.0 Å². The zero-order valence-corrected chi connectivity index (χ0v) is 8.93. The molecule has 1 N–H and O–H groups in total. The number of fused-ring (bicyclic) bond motifs is 1. The predicted molar refractivity (Wildman–Crippen MR) is 62.1 cm³/mol. The highest BCUT2D eigenvalue weighted by Crippen LogP contribution is 2.14. The van der Waals surface area contributed by atoms with Crippen molar-refractivity contribution < 1.29 is 5.11 Å². The highest BCUT2D eigenvalue weighted by atomic mass is 16.3. The number of nitrogens with zero attached hydrogens (tertiary/aromatic N) is 4. The van der Waals surface area contributed by atoms with E-state index >= 15 is 0 Å². The summed E-state index contributed by atoms with van der Waals surface area (Å²) in [5.74, 6) is 0. The highest BCUT2D eigenvalue weighted by Gasteiger charge is 2.13. The Morgan fingerprint density at radius 3 is 2.18 bits per heavy atom. The van der Waals surface area contributed by atoms with Gasteiger partial charge >= 0.3 is 0 Å². The second kappa shape index (κ2) is 3.95. The van der Waals surface area contributed by atoms with E-state index in [0.29, 0.717) is 5.69 Å². The van der Waals surface area contributed by atoms with Crippen LogP contribution in [-0.4, -0.2) is 25.1 Å². The smallest absolute Gasteiger partial charge is 0.209 e. The minimum atomic E-state index is -0.955. The van der Waals surface area contributed by atoms with Gasteiger partial charge in [0.15, 0.2) is 0 Å². The lowest BCUT2D eigenvalue weighted by Gasteiger charge is -2.07. The summed E-state index contributed by atoms with van der Waals surface area (Å²) in [6, 6.07) is 12.8. The average Bonchev–Trinajstić information content (AvgIpc) is 2.82. The summed E-state index contributed by atoms with van der Waals surface area (Å²) in [6.45, 7) is 0. The first-order valence-corrected chi connectivity index (χ1v) is 5.25. The molecule has 1 aromatic carbocycles. The molecule has 17 heavy (non-hydrogen) atoms. The molecule has 0 saturated heterocycles. The van der Waals surface area contributed by atoms with Crippen molar-refractivity contribution in [2.45, 2.75) is 6.23 Å². The number of pyridine rings is 1. The number of aliphatic hydroxyl groups is 1. The van der Waals surface area contributed by atoms with Gasteiger partial charge in [0.1, 0.15) is 11.0 Å². The fraction of sp³-hybridized carbons (Fsp3) is 0.0833. The van der Waals surface area contributed by atoms with Gasteiger partial charge in [-0.15, -0.1) is 4.80 Å². The van der Waals surface area contributed by atoms with E-state index in [4.69, 9.17) is 0 Å². The molecule has 0 spiro atoms. The molecule has 0 aliphatic carbocycles. The zero-order chi connectivity index (χ0) is 11.7. The maximum Gasteiger partial charge on any atom is 0.209 e. The Morgan fingerprint density at radius 1 is 0.941 bits per heavy atom. The van der Waals surface area contributed by atoms with Crippen LogP contribution in [0, 0.1) is 0 Å². The lowest BCUT2D eigenvalue weighted by Crippen LogP contribution is -2.14. The highest BCUT2D eigenvalue weighted by molar-refractivity contribution is 5.72. The van der Waals surface area contributed by atoms with Crippen molar-refractivity contribution in [3.8, 4) is 0 Å². The van der Waals surface area contributed by atoms with Crippen molar-refractivity contribution in [3.63, 3.8) is 0 Å². The van der Waals surface area contributed by atoms with Gasteiger partial charge < -0.3 is 5.11 Å². The summed E-state index contributed by atoms with van der Waals surface area (Å²) in [5.41, 5.74) is 2.03. The van der Waals surface area contributed by atoms with E-state index in [9.17, 15) is 5.11 Å². The van der Waals surface area contributed by atoms with E-state index in [1.165, 1.54) is 4.80 Å². The maximum absolute atomic E-state index is 10.1. The van der Waals surface area contributed by atoms with Crippen LogP contribution in [-0.2, 0) is 0 Å². The van der Waals surface area contributed by atoms with Crippen molar-refractivity contribution in [1.82, 2.24) is 20.0 Å². The van der Waals surface area contributed by atoms with Crippen LogP contribution >= 0.6 is 0 Å². The second-order valence-corrected chi connectivity index (χ2v) is 3.64. The van der Waals surface area contributed by atoms with Crippen molar-refractivity contribution in [3.05, 3.63) is 54.4 Å². The SMILES string of the molecule is OC(c1ccccn1)n1nc2ccccc2n1. The minimum absolute atomic E-state index is 0.521. The van der Waals surface area contributed by atoms with Gasteiger partial charge in [0.05, 0.1) is 5.69 Å². The quantitative estimate of drug-likeness (QED) is 0.716. The summed E-state index contributed by atoms with van der Waals surface area (Å²) in [7, 11) is 0. The molecule has 5 nitrogen and oxygen atoms in total. The third-order valence-corrected chi connectivity index (χ3v) is 2.47. The van der Waals surface area contributed by atoms with Crippen LogP contribution < -0.4 is 0 Å². The number of aromatic nitrogens is 4. The topological polar surface area (TPSA) is 63.8 Å². The van der Waals surface area contributed by atoms with Crippen LogP contribution in [0.5, 0.6) is 0 Å². The van der Waals surface area contributed by atoms with E-state index in [0.717, 1.165) is 11.0 Å². The molecule has 0 fully saturated rings. The number of aliphatic hydroxyl groups excluding tert-OH is 1. The van der Waals surface area contributed by atoms with Crippen molar-refractivity contribution in [2.24, 2.45) is 0 Å². The molecular weight excluding hydrogens is 216 g/mol. The van der Waals surface area contributed by atoms with E-state index < -0.39 is 6.23 Å². The molecular formula is C12H10N4O. The fourth-order valence-corrected chi connectivity index (χ4v) is 1.63. The molecule has 0 aliphatic heterocycles. The largest absolute Gasteiger partial charge is 0.365 e. The van der Waals surface area contributed by atoms with Gasteiger partial charge in [-0.25, -0.2) is 0 Å². The first-order chi connectivity index (χ1) is 8.34. The van der Waals surface area contributed by atoms with Crippen LogP contribution in [0.1, 0.15) is 11.9 Å². The van der Waals surface area contributed by atoms with Crippen molar-refractivity contribution in [1.29, 1.82) is 0 Å². The molecule has 1 unspecified atom stereocenters. The Balaban J connectivity index is 2.04. The molecule has 2 aromatic heterocycles. The lowest BCUT2D eigenvalue weighted by atomic mass is 10.3. The number of rotatable bonds is 2. The molecule has 3 rings (SSSR count). The maximum atomic E-state index is 10.1. The van der Waals surface area contributed by atoms with E-state index in [2.05, 4.69) is 15.2 Å². The second-order valence-electron chi connectivity index (χ2n) is 3.64. The summed E-state index contributed by atoms with van der Waals surface area (Å²) >= 11 is 0. The van der Waals surface area contributed by atoms with Crippen LogP contribution in [0.4, 0.5) is 0 Å². The Hall–Kier alpha value is -2.27. The molecule has 5 heteroatoms. The first-order valence-electron chi connectivity index (χ1n) is 5.25. The summed E-state index contributed by atoms with van der Waals surface area (Å²) in [4.78, 5) is 5.35. The third kappa shape index (κ3) is 1.76. The molecule has 0 bridgehead atoms. The predicted octanol–water partition coefficient (Wildman–Crippen LogP) is 1.37. The van der Waals surface area contributed by atoms with Gasteiger partial charge in [0.2, 0.25) is 6.23 Å². The van der Waals surface area contributed by atoms with Gasteiger partial charge in [0, 0.05) is 6.20 Å². The molecule has 0 amide bonds. The van der Waals surface area contributed by atoms with Gasteiger partial charge in [-0.2, -0.15) is 10.2 Å². The summed E-state index contributed by atoms with van der Waals surface area (Å²) in [6.07, 6.45) is 0.672. The summed E-state index contributed by atoms with van der Waals surface area (Å²) < 4.78 is 0. The number of hydrogen-bond donors (Lipinski definition) is 1. The Morgan fingerprint density at radius 2 is 1.59 bits per heavy atom. The van der Waals surface area contributed by atoms with E-state index in [1.54, 1.807) is 18.3 Å². The van der Waals surface area contributed by atoms with Crippen LogP contribution in [0.3, 0.4) is 0 Å². The molecule has 0 aliphatic rings. The molecule has 2 heterocycles. The van der Waals surface area contributed by atoms with E-state index in [-0.39, 0.29) is 0 Å². The Bertz CT molecular complexity index is 602. The Labute approximate surface area is 97.3 Å². The molecule has 0 saturated carbocycles. The molecule has 84 valence electrons. The molecule has 3 aromatic rings. The van der Waals surface area contributed by atoms with Crippen LogP contribution in [0.25, 0.3) is 11.0 Å². The lowest BCUT2D eigenvalue weighted by molar-refractivity contribution is 0.113. The Kier molecular flexibility index (Phi) is 2.31. The third-order valence-electron chi connectivity index (χ3n) is 2.47. The van der Waals surface area contributed by atoms with Gasteiger partial charge in [0.25, 0.3) is 0 Å². The minimum Gasteiger partial charge on any atom is -0.365 e. The standard InChI is InChI=1S/C12H10N4O/c17-12(11-7-3-4-8-13-11)16-14-9-5-1-2-6-10(9)15-16/h1-8,12,17H. The fourth-order valence-electron chi connectivity index (χ4n) is 1.63. The first kappa shape index (κ1) is 9.92. The van der Waals surface area contributed by atoms with Crippen LogP contribution in [0.2, 0.25) is 0 Å².